The minimum Gasteiger partial charge on any atom is -0.497 e. The summed E-state index contributed by atoms with van der Waals surface area (Å²) in [5.41, 5.74) is 2.71. The lowest BCUT2D eigenvalue weighted by Gasteiger charge is -2.09. The topological polar surface area (TPSA) is 21.3 Å². The molecule has 1 aliphatic heterocycles. The van der Waals surface area contributed by atoms with Gasteiger partial charge in [-0.1, -0.05) is 26.8 Å². The fourth-order valence-corrected chi connectivity index (χ4v) is 1.33. The highest BCUT2D eigenvalue weighted by Crippen LogP contribution is 2.16. The number of aryl methyl sites for hydroxylation is 2. The van der Waals surface area contributed by atoms with Gasteiger partial charge in [0.05, 0.1) is 7.11 Å². The molecule has 1 fully saturated rings. The fraction of sp³-hybridized carbons (Fsp3) is 0.600. The molecule has 1 heterocycles. The number of methoxy groups -OCH3 is 1. The largest absolute Gasteiger partial charge is 0.497 e. The van der Waals surface area contributed by atoms with Crippen LogP contribution in [0.3, 0.4) is 0 Å². The lowest BCUT2D eigenvalue weighted by Crippen LogP contribution is -2.29. The molecule has 0 spiro atoms. The van der Waals surface area contributed by atoms with Crippen molar-refractivity contribution < 1.29 is 4.74 Å². The molecule has 1 aliphatic rings. The highest BCUT2D eigenvalue weighted by molar-refractivity contribution is 5.34. The maximum atomic E-state index is 5.11. The van der Waals surface area contributed by atoms with Crippen molar-refractivity contribution in [2.24, 2.45) is 0 Å². The zero-order valence-electron chi connectivity index (χ0n) is 12.0. The molecule has 17 heavy (non-hydrogen) atoms. The van der Waals surface area contributed by atoms with Gasteiger partial charge in [0.25, 0.3) is 0 Å². The smallest absolute Gasteiger partial charge is 0.119 e. The summed E-state index contributed by atoms with van der Waals surface area (Å²) in [6.45, 7) is 10.8. The average Bonchev–Trinajstić information content (AvgIpc) is 2.30. The van der Waals surface area contributed by atoms with Crippen molar-refractivity contribution in [1.29, 1.82) is 0 Å². The summed E-state index contributed by atoms with van der Waals surface area (Å²) in [6, 6.07) is 6.18. The van der Waals surface area contributed by atoms with Crippen LogP contribution in [0.15, 0.2) is 18.2 Å². The molecule has 1 N–H and O–H groups in total. The predicted molar refractivity (Wildman–Crippen MR) is 75.9 cm³/mol. The van der Waals surface area contributed by atoms with Crippen LogP contribution in [0.25, 0.3) is 0 Å². The van der Waals surface area contributed by atoms with Crippen LogP contribution < -0.4 is 10.1 Å². The molecule has 2 nitrogen and oxygen atoms in total. The molecule has 2 heteroatoms. The normalized spacial score (nSPS) is 12.3. The molecule has 0 amide bonds. The van der Waals surface area contributed by atoms with Crippen LogP contribution >= 0.6 is 0 Å². The van der Waals surface area contributed by atoms with E-state index in [1.54, 1.807) is 7.11 Å². The Labute approximate surface area is 106 Å². The summed E-state index contributed by atoms with van der Waals surface area (Å²) < 4.78 is 5.11. The van der Waals surface area contributed by atoms with Crippen molar-refractivity contribution in [1.82, 2.24) is 5.32 Å². The van der Waals surface area contributed by atoms with Gasteiger partial charge in [0.1, 0.15) is 5.75 Å². The Bertz CT molecular complexity index is 289. The van der Waals surface area contributed by atoms with E-state index in [9.17, 15) is 0 Å². The van der Waals surface area contributed by atoms with E-state index in [-0.39, 0.29) is 0 Å². The van der Waals surface area contributed by atoms with Gasteiger partial charge in [0, 0.05) is 0 Å². The lowest BCUT2D eigenvalue weighted by atomic mass is 10.1. The second-order valence-corrected chi connectivity index (χ2v) is 3.75. The van der Waals surface area contributed by atoms with E-state index in [1.807, 2.05) is 19.9 Å². The molecule has 98 valence electrons. The third-order valence-electron chi connectivity index (χ3n) is 2.64. The van der Waals surface area contributed by atoms with E-state index < -0.39 is 0 Å². The summed E-state index contributed by atoms with van der Waals surface area (Å²) in [4.78, 5) is 0. The molecule has 1 aromatic rings. The average molecular weight is 237 g/mol. The van der Waals surface area contributed by atoms with Gasteiger partial charge in [0.15, 0.2) is 0 Å². The van der Waals surface area contributed by atoms with Crippen LogP contribution in [-0.4, -0.2) is 20.2 Å². The van der Waals surface area contributed by atoms with E-state index in [2.05, 4.69) is 31.3 Å². The van der Waals surface area contributed by atoms with Crippen molar-refractivity contribution in [3.8, 4) is 5.75 Å². The van der Waals surface area contributed by atoms with Gasteiger partial charge in [-0.05, 0) is 56.1 Å². The van der Waals surface area contributed by atoms with Crippen molar-refractivity contribution in [2.75, 3.05) is 20.2 Å². The van der Waals surface area contributed by atoms with Crippen LogP contribution in [0.2, 0.25) is 0 Å². The van der Waals surface area contributed by atoms with E-state index in [0.29, 0.717) is 0 Å². The maximum absolute atomic E-state index is 5.11. The standard InChI is InChI=1S/C10H14O.C3H7N.C2H6/c1-4-9-7-10(11-3)6-5-8(9)2;1-2-4-3-1;1-2/h5-7H,4H2,1-3H3;4H,1-3H2;1-2H3. The summed E-state index contributed by atoms with van der Waals surface area (Å²) in [7, 11) is 1.70. The highest BCUT2D eigenvalue weighted by Gasteiger charge is 1.96. The molecule has 0 radical (unpaired) electrons. The Morgan fingerprint density at radius 1 is 1.24 bits per heavy atom. The third kappa shape index (κ3) is 6.32. The van der Waals surface area contributed by atoms with Crippen molar-refractivity contribution >= 4 is 0 Å². The second-order valence-electron chi connectivity index (χ2n) is 3.75. The molecule has 0 aliphatic carbocycles. The summed E-state index contributed by atoms with van der Waals surface area (Å²) in [6.07, 6.45) is 2.46. The van der Waals surface area contributed by atoms with Crippen LogP contribution in [0, 0.1) is 6.92 Å². The first-order valence-electron chi connectivity index (χ1n) is 6.62. The molecule has 1 aromatic carbocycles. The summed E-state index contributed by atoms with van der Waals surface area (Å²) in [5, 5.41) is 3.11. The van der Waals surface area contributed by atoms with Crippen LogP contribution in [-0.2, 0) is 6.42 Å². The minimum atomic E-state index is 0.951. The quantitative estimate of drug-likeness (QED) is 0.849. The van der Waals surface area contributed by atoms with Gasteiger partial charge in [-0.2, -0.15) is 0 Å². The van der Waals surface area contributed by atoms with Crippen molar-refractivity contribution in [3.63, 3.8) is 0 Å². The van der Waals surface area contributed by atoms with Gasteiger partial charge in [0.2, 0.25) is 0 Å². The summed E-state index contributed by atoms with van der Waals surface area (Å²) in [5.74, 6) is 0.951. The number of hydrogen-bond donors (Lipinski definition) is 1. The number of benzene rings is 1. The molecule has 0 atom stereocenters. The van der Waals surface area contributed by atoms with Crippen LogP contribution in [0.5, 0.6) is 5.75 Å². The SMILES string of the molecule is C1CNC1.CC.CCc1cc(OC)ccc1C. The Morgan fingerprint density at radius 2 is 1.76 bits per heavy atom. The molecular weight excluding hydrogens is 210 g/mol. The molecule has 0 saturated carbocycles. The van der Waals surface area contributed by atoms with Crippen molar-refractivity contribution in [2.45, 2.75) is 40.5 Å². The van der Waals surface area contributed by atoms with E-state index in [1.165, 1.54) is 30.6 Å². The molecule has 0 aromatic heterocycles. The van der Waals surface area contributed by atoms with Gasteiger partial charge < -0.3 is 10.1 Å². The molecule has 1 saturated heterocycles. The maximum Gasteiger partial charge on any atom is 0.119 e. The summed E-state index contributed by atoms with van der Waals surface area (Å²) >= 11 is 0. The monoisotopic (exact) mass is 237 g/mol. The van der Waals surface area contributed by atoms with Gasteiger partial charge >= 0.3 is 0 Å². The Kier molecular flexibility index (Phi) is 9.55. The van der Waals surface area contributed by atoms with Crippen LogP contribution in [0.4, 0.5) is 0 Å². The first-order chi connectivity index (χ1) is 8.27. The van der Waals surface area contributed by atoms with E-state index in [0.717, 1.165) is 12.2 Å². The van der Waals surface area contributed by atoms with Gasteiger partial charge in [-0.15, -0.1) is 0 Å². The third-order valence-corrected chi connectivity index (χ3v) is 2.64. The highest BCUT2D eigenvalue weighted by atomic mass is 16.5. The van der Waals surface area contributed by atoms with Gasteiger partial charge in [-0.3, -0.25) is 0 Å². The zero-order valence-corrected chi connectivity index (χ0v) is 12.0. The fourth-order valence-electron chi connectivity index (χ4n) is 1.33. The Balaban J connectivity index is 0.000000353. The first kappa shape index (κ1) is 16.0. The number of hydrogen-bond acceptors (Lipinski definition) is 2. The van der Waals surface area contributed by atoms with Gasteiger partial charge in [-0.25, -0.2) is 0 Å². The number of ether oxygens (including phenoxy) is 1. The van der Waals surface area contributed by atoms with Crippen molar-refractivity contribution in [3.05, 3.63) is 29.3 Å². The number of rotatable bonds is 2. The Hall–Kier alpha value is -1.02. The second kappa shape index (κ2) is 10.2. The first-order valence-corrected chi connectivity index (χ1v) is 6.62. The predicted octanol–water partition coefficient (Wildman–Crippen LogP) is 3.57. The molecule has 0 unspecified atom stereocenters. The lowest BCUT2D eigenvalue weighted by molar-refractivity contribution is 0.414. The molecular formula is C15H27NO. The van der Waals surface area contributed by atoms with Crippen LogP contribution in [0.1, 0.15) is 38.3 Å². The Morgan fingerprint density at radius 3 is 2.12 bits per heavy atom. The zero-order chi connectivity index (χ0) is 13.1. The minimum absolute atomic E-state index is 0.951. The van der Waals surface area contributed by atoms with E-state index in [4.69, 9.17) is 4.74 Å². The molecule has 0 bridgehead atoms. The van der Waals surface area contributed by atoms with E-state index >= 15 is 0 Å². The molecule has 2 rings (SSSR count). The number of nitrogens with one attached hydrogen (secondary N) is 1.